The zero-order valence-electron chi connectivity index (χ0n) is 10.5. The van der Waals surface area contributed by atoms with Gasteiger partial charge < -0.3 is 9.84 Å². The first-order chi connectivity index (χ1) is 8.66. The van der Waals surface area contributed by atoms with Crippen molar-refractivity contribution in [2.75, 3.05) is 6.54 Å². The summed E-state index contributed by atoms with van der Waals surface area (Å²) < 4.78 is 4.90. The summed E-state index contributed by atoms with van der Waals surface area (Å²) in [4.78, 5) is 11.7. The van der Waals surface area contributed by atoms with Gasteiger partial charge in [-0.2, -0.15) is 0 Å². The van der Waals surface area contributed by atoms with Gasteiger partial charge in [0.2, 0.25) is 5.76 Å². The molecule has 0 saturated carbocycles. The average molecular weight is 244 g/mol. The second-order valence-electron chi connectivity index (χ2n) is 4.35. The molecular weight excluding hydrogens is 228 g/mol. The topological polar surface area (TPSA) is 55.1 Å². The minimum absolute atomic E-state index is 0.224. The van der Waals surface area contributed by atoms with Gasteiger partial charge in [0.1, 0.15) is 0 Å². The zero-order valence-corrected chi connectivity index (χ0v) is 10.5. The van der Waals surface area contributed by atoms with Crippen LogP contribution in [0.1, 0.15) is 34.7 Å². The highest BCUT2D eigenvalue weighted by molar-refractivity contribution is 5.91. The van der Waals surface area contributed by atoms with E-state index in [0.29, 0.717) is 12.2 Å². The summed E-state index contributed by atoms with van der Waals surface area (Å²) >= 11 is 0. The molecule has 0 aliphatic carbocycles. The fourth-order valence-corrected chi connectivity index (χ4v) is 1.70. The number of carbonyl (C=O) groups is 1. The smallest absolute Gasteiger partial charge is 0.289 e. The zero-order chi connectivity index (χ0) is 13.0. The van der Waals surface area contributed by atoms with Crippen LogP contribution in [0, 0.1) is 6.92 Å². The van der Waals surface area contributed by atoms with Crippen molar-refractivity contribution in [1.82, 2.24) is 10.5 Å². The molecule has 1 aromatic heterocycles. The molecule has 1 unspecified atom stereocenters. The van der Waals surface area contributed by atoms with Crippen molar-refractivity contribution in [3.8, 4) is 0 Å². The van der Waals surface area contributed by atoms with E-state index in [4.69, 9.17) is 4.52 Å². The average Bonchev–Trinajstić information content (AvgIpc) is 2.83. The highest BCUT2D eigenvalue weighted by Gasteiger charge is 2.13. The Balaban J connectivity index is 1.90. The van der Waals surface area contributed by atoms with E-state index < -0.39 is 0 Å². The quantitative estimate of drug-likeness (QED) is 0.899. The first-order valence-corrected chi connectivity index (χ1v) is 5.93. The molecule has 2 rings (SSSR count). The maximum Gasteiger partial charge on any atom is 0.289 e. The molecule has 1 atom stereocenters. The SMILES string of the molecule is Cc1cc(C(=O)NCC(C)c2ccccc2)on1. The van der Waals surface area contributed by atoms with E-state index in [9.17, 15) is 4.79 Å². The second-order valence-corrected chi connectivity index (χ2v) is 4.35. The predicted molar refractivity (Wildman–Crippen MR) is 68.4 cm³/mol. The molecule has 1 aromatic carbocycles. The Morgan fingerprint density at radius 2 is 2.11 bits per heavy atom. The number of hydrogen-bond donors (Lipinski definition) is 1. The molecule has 0 saturated heterocycles. The fraction of sp³-hybridized carbons (Fsp3) is 0.286. The van der Waals surface area contributed by atoms with Crippen LogP contribution in [0.15, 0.2) is 40.9 Å². The molecule has 4 nitrogen and oxygen atoms in total. The first-order valence-electron chi connectivity index (χ1n) is 5.93. The van der Waals surface area contributed by atoms with Gasteiger partial charge in [-0.3, -0.25) is 4.79 Å². The van der Waals surface area contributed by atoms with Crippen LogP contribution in [-0.4, -0.2) is 17.6 Å². The van der Waals surface area contributed by atoms with E-state index in [1.807, 2.05) is 18.2 Å². The second kappa shape index (κ2) is 5.49. The maximum atomic E-state index is 11.7. The summed E-state index contributed by atoms with van der Waals surface area (Å²) in [6.45, 7) is 4.43. The van der Waals surface area contributed by atoms with Gasteiger partial charge >= 0.3 is 0 Å². The Labute approximate surface area is 106 Å². The molecule has 0 aliphatic heterocycles. The minimum Gasteiger partial charge on any atom is -0.351 e. The number of rotatable bonds is 4. The number of amides is 1. The van der Waals surface area contributed by atoms with Crippen molar-refractivity contribution < 1.29 is 9.32 Å². The fourth-order valence-electron chi connectivity index (χ4n) is 1.70. The Kier molecular flexibility index (Phi) is 3.77. The molecule has 0 bridgehead atoms. The number of carbonyl (C=O) groups excluding carboxylic acids is 1. The van der Waals surface area contributed by atoms with Crippen molar-refractivity contribution in [2.24, 2.45) is 0 Å². The van der Waals surface area contributed by atoms with Gasteiger partial charge in [0, 0.05) is 12.6 Å². The van der Waals surface area contributed by atoms with Gasteiger partial charge in [0.05, 0.1) is 5.69 Å². The molecule has 94 valence electrons. The lowest BCUT2D eigenvalue weighted by Gasteiger charge is -2.11. The van der Waals surface area contributed by atoms with E-state index in [1.165, 1.54) is 5.56 Å². The van der Waals surface area contributed by atoms with Crippen LogP contribution >= 0.6 is 0 Å². The number of hydrogen-bond acceptors (Lipinski definition) is 3. The molecule has 1 heterocycles. The Hall–Kier alpha value is -2.10. The monoisotopic (exact) mass is 244 g/mol. The van der Waals surface area contributed by atoms with Crippen LogP contribution < -0.4 is 5.32 Å². The predicted octanol–water partition coefficient (Wildman–Crippen LogP) is 2.52. The molecule has 2 aromatic rings. The van der Waals surface area contributed by atoms with E-state index in [1.54, 1.807) is 13.0 Å². The Morgan fingerprint density at radius 3 is 2.72 bits per heavy atom. The Morgan fingerprint density at radius 1 is 1.39 bits per heavy atom. The van der Waals surface area contributed by atoms with Crippen LogP contribution in [0.25, 0.3) is 0 Å². The van der Waals surface area contributed by atoms with Gasteiger partial charge in [-0.1, -0.05) is 42.4 Å². The maximum absolute atomic E-state index is 11.7. The lowest BCUT2D eigenvalue weighted by atomic mass is 10.0. The highest BCUT2D eigenvalue weighted by atomic mass is 16.5. The van der Waals surface area contributed by atoms with E-state index in [2.05, 4.69) is 29.5 Å². The molecule has 1 amide bonds. The normalized spacial score (nSPS) is 12.1. The largest absolute Gasteiger partial charge is 0.351 e. The van der Waals surface area contributed by atoms with Crippen molar-refractivity contribution in [2.45, 2.75) is 19.8 Å². The molecule has 18 heavy (non-hydrogen) atoms. The third-order valence-electron chi connectivity index (χ3n) is 2.79. The lowest BCUT2D eigenvalue weighted by molar-refractivity contribution is 0.0914. The van der Waals surface area contributed by atoms with Crippen molar-refractivity contribution in [1.29, 1.82) is 0 Å². The minimum atomic E-state index is -0.224. The Bertz CT molecular complexity index is 520. The van der Waals surface area contributed by atoms with Crippen LogP contribution in [0.4, 0.5) is 0 Å². The van der Waals surface area contributed by atoms with Gasteiger partial charge in [-0.15, -0.1) is 0 Å². The number of nitrogens with zero attached hydrogens (tertiary/aromatic N) is 1. The third-order valence-corrected chi connectivity index (χ3v) is 2.79. The molecule has 0 aliphatic rings. The molecule has 0 radical (unpaired) electrons. The summed E-state index contributed by atoms with van der Waals surface area (Å²) in [5.41, 5.74) is 1.91. The third kappa shape index (κ3) is 2.97. The number of aryl methyl sites for hydroxylation is 1. The van der Waals surface area contributed by atoms with E-state index >= 15 is 0 Å². The van der Waals surface area contributed by atoms with Gasteiger partial charge in [-0.25, -0.2) is 0 Å². The summed E-state index contributed by atoms with van der Waals surface area (Å²) in [6.07, 6.45) is 0. The summed E-state index contributed by atoms with van der Waals surface area (Å²) in [5, 5.41) is 6.52. The van der Waals surface area contributed by atoms with Gasteiger partial charge in [0.15, 0.2) is 0 Å². The number of aromatic nitrogens is 1. The van der Waals surface area contributed by atoms with E-state index in [-0.39, 0.29) is 17.6 Å². The van der Waals surface area contributed by atoms with Crippen LogP contribution in [0.5, 0.6) is 0 Å². The van der Waals surface area contributed by atoms with Gasteiger partial charge in [0.25, 0.3) is 5.91 Å². The summed E-state index contributed by atoms with van der Waals surface area (Å²) in [6, 6.07) is 11.7. The molecule has 0 spiro atoms. The summed E-state index contributed by atoms with van der Waals surface area (Å²) in [5.74, 6) is 0.297. The van der Waals surface area contributed by atoms with Gasteiger partial charge in [-0.05, 0) is 18.4 Å². The lowest BCUT2D eigenvalue weighted by Crippen LogP contribution is -2.27. The van der Waals surface area contributed by atoms with Crippen molar-refractivity contribution in [3.63, 3.8) is 0 Å². The summed E-state index contributed by atoms with van der Waals surface area (Å²) in [7, 11) is 0. The molecular formula is C14H16N2O2. The molecule has 1 N–H and O–H groups in total. The van der Waals surface area contributed by atoms with Crippen LogP contribution in [0.3, 0.4) is 0 Å². The van der Waals surface area contributed by atoms with Crippen LogP contribution in [0.2, 0.25) is 0 Å². The van der Waals surface area contributed by atoms with E-state index in [0.717, 1.165) is 0 Å². The molecule has 0 fully saturated rings. The standard InChI is InChI=1S/C14H16N2O2/c1-10(12-6-4-3-5-7-12)9-15-14(17)13-8-11(2)16-18-13/h3-8,10H,9H2,1-2H3,(H,15,17). The van der Waals surface area contributed by atoms with Crippen molar-refractivity contribution >= 4 is 5.91 Å². The first kappa shape index (κ1) is 12.4. The molecule has 4 heteroatoms. The van der Waals surface area contributed by atoms with Crippen LogP contribution in [-0.2, 0) is 0 Å². The highest BCUT2D eigenvalue weighted by Crippen LogP contribution is 2.13. The van der Waals surface area contributed by atoms with Crippen molar-refractivity contribution in [3.05, 3.63) is 53.4 Å². The number of nitrogens with one attached hydrogen (secondary N) is 1. The number of benzene rings is 1.